The zero-order valence-electron chi connectivity index (χ0n) is 8.90. The van der Waals surface area contributed by atoms with Gasteiger partial charge in [-0.3, -0.25) is 0 Å². The molecule has 84 valence electrons. The third-order valence-electron chi connectivity index (χ3n) is 3.00. The quantitative estimate of drug-likeness (QED) is 0.766. The number of rotatable bonds is 3. The minimum absolute atomic E-state index is 0.461. The molecule has 3 rings (SSSR count). The lowest BCUT2D eigenvalue weighted by Crippen LogP contribution is -2.31. The van der Waals surface area contributed by atoms with E-state index in [-0.39, 0.29) is 0 Å². The van der Waals surface area contributed by atoms with E-state index in [1.165, 1.54) is 5.52 Å². The van der Waals surface area contributed by atoms with Gasteiger partial charge in [0.05, 0.1) is 30.1 Å². The minimum Gasteiger partial charge on any atom is -0.381 e. The van der Waals surface area contributed by atoms with Gasteiger partial charge in [0.25, 0.3) is 0 Å². The largest absolute Gasteiger partial charge is 0.381 e. The summed E-state index contributed by atoms with van der Waals surface area (Å²) in [4.78, 5) is 4.53. The second-order valence-corrected chi connectivity index (χ2v) is 4.43. The van der Waals surface area contributed by atoms with E-state index in [1.54, 1.807) is 0 Å². The van der Waals surface area contributed by atoms with Crippen LogP contribution in [-0.4, -0.2) is 22.8 Å². The van der Waals surface area contributed by atoms with Crippen molar-refractivity contribution in [2.24, 2.45) is 5.92 Å². The fraction of sp³-hybridized carbons (Fsp3) is 0.417. The number of ether oxygens (including phenoxy) is 1. The van der Waals surface area contributed by atoms with E-state index in [4.69, 9.17) is 16.3 Å². The van der Waals surface area contributed by atoms with Crippen molar-refractivity contribution < 1.29 is 4.74 Å². The minimum atomic E-state index is 0.461. The van der Waals surface area contributed by atoms with E-state index in [0.29, 0.717) is 11.8 Å². The fourth-order valence-electron chi connectivity index (χ4n) is 2.08. The van der Waals surface area contributed by atoms with Crippen molar-refractivity contribution in [2.45, 2.75) is 12.4 Å². The lowest BCUT2D eigenvalue weighted by atomic mass is 10.1. The van der Waals surface area contributed by atoms with Crippen LogP contribution < -0.4 is 0 Å². The Morgan fingerprint density at radius 2 is 2.19 bits per heavy atom. The second-order valence-electron chi connectivity index (χ2n) is 4.16. The van der Waals surface area contributed by atoms with Crippen LogP contribution in [-0.2, 0) is 17.2 Å². The van der Waals surface area contributed by atoms with Gasteiger partial charge in [-0.25, -0.2) is 4.98 Å². The van der Waals surface area contributed by atoms with Gasteiger partial charge in [0.1, 0.15) is 5.82 Å². The molecule has 1 aliphatic rings. The van der Waals surface area contributed by atoms with Crippen LogP contribution in [0.4, 0.5) is 0 Å². The van der Waals surface area contributed by atoms with Crippen LogP contribution >= 0.6 is 11.6 Å². The van der Waals surface area contributed by atoms with Gasteiger partial charge >= 0.3 is 0 Å². The summed E-state index contributed by atoms with van der Waals surface area (Å²) in [5, 5.41) is 0. The second kappa shape index (κ2) is 4.07. The van der Waals surface area contributed by atoms with E-state index in [2.05, 4.69) is 15.6 Å². The Balaban J connectivity index is 2.04. The van der Waals surface area contributed by atoms with Gasteiger partial charge in [-0.2, -0.15) is 0 Å². The van der Waals surface area contributed by atoms with Crippen LogP contribution in [0.5, 0.6) is 0 Å². The number of halogens is 1. The highest BCUT2D eigenvalue weighted by Crippen LogP contribution is 2.21. The van der Waals surface area contributed by atoms with E-state index in [9.17, 15) is 0 Å². The number of hydrogen-bond donors (Lipinski definition) is 0. The maximum atomic E-state index is 5.93. The number of imidazole rings is 1. The van der Waals surface area contributed by atoms with Crippen molar-refractivity contribution in [3.63, 3.8) is 0 Å². The Kier molecular flexibility index (Phi) is 2.58. The number of hydrogen-bond acceptors (Lipinski definition) is 2. The van der Waals surface area contributed by atoms with E-state index >= 15 is 0 Å². The molecule has 0 unspecified atom stereocenters. The number of benzene rings is 1. The average Bonchev–Trinajstić information content (AvgIpc) is 2.61. The first-order valence-corrected chi connectivity index (χ1v) is 6.00. The predicted molar refractivity (Wildman–Crippen MR) is 63.6 cm³/mol. The summed E-state index contributed by atoms with van der Waals surface area (Å²) in [6, 6.07) is 8.16. The third kappa shape index (κ3) is 1.60. The Morgan fingerprint density at radius 3 is 2.88 bits per heavy atom. The molecule has 0 bridgehead atoms. The van der Waals surface area contributed by atoms with E-state index in [0.717, 1.165) is 31.1 Å². The normalized spacial score (nSPS) is 16.6. The van der Waals surface area contributed by atoms with Gasteiger partial charge in [0.2, 0.25) is 0 Å². The molecule has 1 aliphatic heterocycles. The zero-order chi connectivity index (χ0) is 11.0. The first kappa shape index (κ1) is 10.1. The lowest BCUT2D eigenvalue weighted by Gasteiger charge is -2.27. The Hall–Kier alpha value is -1.06. The standard InChI is InChI=1S/C12H13ClN2O/c13-5-12-14-10-3-1-2-4-11(10)15(12)6-9-7-16-8-9/h1-4,9H,5-8H2. The maximum Gasteiger partial charge on any atom is 0.124 e. The molecule has 3 nitrogen and oxygen atoms in total. The average molecular weight is 237 g/mol. The van der Waals surface area contributed by atoms with Gasteiger partial charge in [0.15, 0.2) is 0 Å². The highest BCUT2D eigenvalue weighted by molar-refractivity contribution is 6.16. The SMILES string of the molecule is ClCc1nc2ccccc2n1CC1COC1. The zero-order valence-corrected chi connectivity index (χ0v) is 9.65. The predicted octanol–water partition coefficient (Wildman–Crippen LogP) is 2.42. The number of aromatic nitrogens is 2. The van der Waals surface area contributed by atoms with Crippen molar-refractivity contribution >= 4 is 22.6 Å². The Labute approximate surface area is 99.0 Å². The first-order valence-electron chi connectivity index (χ1n) is 5.46. The van der Waals surface area contributed by atoms with Gasteiger partial charge < -0.3 is 9.30 Å². The van der Waals surface area contributed by atoms with Crippen LogP contribution in [0.1, 0.15) is 5.82 Å². The molecule has 0 radical (unpaired) electrons. The molecule has 1 aromatic carbocycles. The highest BCUT2D eigenvalue weighted by atomic mass is 35.5. The Morgan fingerprint density at radius 1 is 1.38 bits per heavy atom. The summed E-state index contributed by atoms with van der Waals surface area (Å²) < 4.78 is 7.42. The highest BCUT2D eigenvalue weighted by Gasteiger charge is 2.21. The summed E-state index contributed by atoms with van der Waals surface area (Å²) in [5.74, 6) is 2.02. The molecule has 1 saturated heterocycles. The van der Waals surface area contributed by atoms with E-state index < -0.39 is 0 Å². The molecule has 2 aromatic rings. The van der Waals surface area contributed by atoms with Crippen molar-refractivity contribution in [3.05, 3.63) is 30.1 Å². The molecule has 0 spiro atoms. The van der Waals surface area contributed by atoms with Crippen LogP contribution in [0.25, 0.3) is 11.0 Å². The molecule has 0 saturated carbocycles. The van der Waals surface area contributed by atoms with Gasteiger partial charge in [0, 0.05) is 12.5 Å². The maximum absolute atomic E-state index is 5.93. The molecule has 1 aromatic heterocycles. The number of para-hydroxylation sites is 2. The molecule has 4 heteroatoms. The number of nitrogens with zero attached hydrogens (tertiary/aromatic N) is 2. The van der Waals surface area contributed by atoms with Crippen molar-refractivity contribution in [3.8, 4) is 0 Å². The summed E-state index contributed by atoms with van der Waals surface area (Å²) in [5.41, 5.74) is 2.20. The Bertz CT molecular complexity index is 505. The molecule has 0 N–H and O–H groups in total. The van der Waals surface area contributed by atoms with Gasteiger partial charge in [-0.1, -0.05) is 12.1 Å². The topological polar surface area (TPSA) is 27.1 Å². The molecule has 1 fully saturated rings. The van der Waals surface area contributed by atoms with Crippen molar-refractivity contribution in [1.82, 2.24) is 9.55 Å². The summed E-state index contributed by atoms with van der Waals surface area (Å²) >= 11 is 5.93. The van der Waals surface area contributed by atoms with Crippen LogP contribution in [0, 0.1) is 5.92 Å². The monoisotopic (exact) mass is 236 g/mol. The van der Waals surface area contributed by atoms with Crippen molar-refractivity contribution in [1.29, 1.82) is 0 Å². The summed E-state index contributed by atoms with van der Waals surface area (Å²) in [6.45, 7) is 2.67. The van der Waals surface area contributed by atoms with E-state index in [1.807, 2.05) is 18.2 Å². The smallest absolute Gasteiger partial charge is 0.124 e. The number of fused-ring (bicyclic) bond motifs is 1. The molecular formula is C12H13ClN2O. The summed E-state index contributed by atoms with van der Waals surface area (Å²) in [7, 11) is 0. The molecule has 0 atom stereocenters. The first-order chi connectivity index (χ1) is 7.88. The molecule has 16 heavy (non-hydrogen) atoms. The number of alkyl halides is 1. The lowest BCUT2D eigenvalue weighted by molar-refractivity contribution is -0.0391. The third-order valence-corrected chi connectivity index (χ3v) is 3.24. The van der Waals surface area contributed by atoms with Crippen molar-refractivity contribution in [2.75, 3.05) is 13.2 Å². The van der Waals surface area contributed by atoms with Gasteiger partial charge in [-0.05, 0) is 12.1 Å². The summed E-state index contributed by atoms with van der Waals surface area (Å²) in [6.07, 6.45) is 0. The van der Waals surface area contributed by atoms with Crippen LogP contribution in [0.15, 0.2) is 24.3 Å². The van der Waals surface area contributed by atoms with Crippen LogP contribution in [0.2, 0.25) is 0 Å². The molecule has 0 aliphatic carbocycles. The van der Waals surface area contributed by atoms with Crippen LogP contribution in [0.3, 0.4) is 0 Å². The van der Waals surface area contributed by atoms with Gasteiger partial charge in [-0.15, -0.1) is 11.6 Å². The molecular weight excluding hydrogens is 224 g/mol. The molecule has 0 amide bonds. The fourth-order valence-corrected chi connectivity index (χ4v) is 2.28. The molecule has 2 heterocycles.